The maximum Gasteiger partial charge on any atom is 0.271 e. The van der Waals surface area contributed by atoms with Gasteiger partial charge in [-0.3, -0.25) is 4.79 Å². The summed E-state index contributed by atoms with van der Waals surface area (Å²) in [6.07, 6.45) is 5.47. The topological polar surface area (TPSA) is 67.8 Å². The molecule has 0 spiro atoms. The highest BCUT2D eigenvalue weighted by Gasteiger charge is 2.08. The number of rotatable bonds is 4. The van der Waals surface area contributed by atoms with Crippen molar-refractivity contribution in [2.75, 3.05) is 0 Å². The normalized spacial score (nSPS) is 10.3. The van der Waals surface area contributed by atoms with E-state index >= 15 is 0 Å². The maximum absolute atomic E-state index is 11.7. The van der Waals surface area contributed by atoms with Crippen LogP contribution >= 0.6 is 22.9 Å². The van der Waals surface area contributed by atoms with Crippen molar-refractivity contribution in [3.05, 3.63) is 39.3 Å². The number of hydrogen-bond donors (Lipinski definition) is 1. The van der Waals surface area contributed by atoms with Gasteiger partial charge in [0.2, 0.25) is 0 Å². The van der Waals surface area contributed by atoms with Gasteiger partial charge >= 0.3 is 0 Å². The fraction of sp³-hybridized carbons (Fsp3) is 0.273. The highest BCUT2D eigenvalue weighted by molar-refractivity contribution is 7.11. The lowest BCUT2D eigenvalue weighted by Crippen LogP contribution is -2.23. The Bertz CT molecular complexity index is 540. The summed E-state index contributed by atoms with van der Waals surface area (Å²) in [5.74, 6) is -0.285. The molecule has 0 saturated carbocycles. The second-order valence-electron chi connectivity index (χ2n) is 3.48. The van der Waals surface area contributed by atoms with Crippen LogP contribution in [0.1, 0.15) is 27.3 Å². The van der Waals surface area contributed by atoms with E-state index in [1.54, 1.807) is 11.3 Å². The van der Waals surface area contributed by atoms with Crippen LogP contribution in [-0.4, -0.2) is 20.9 Å². The minimum absolute atomic E-state index is 0.242. The van der Waals surface area contributed by atoms with Gasteiger partial charge in [-0.15, -0.1) is 11.3 Å². The molecule has 18 heavy (non-hydrogen) atoms. The Hall–Kier alpha value is -1.53. The van der Waals surface area contributed by atoms with Gasteiger partial charge < -0.3 is 5.32 Å². The van der Waals surface area contributed by atoms with E-state index < -0.39 is 0 Å². The molecule has 1 amide bonds. The fourth-order valence-electron chi connectivity index (χ4n) is 1.27. The third kappa shape index (κ3) is 3.24. The summed E-state index contributed by atoms with van der Waals surface area (Å²) in [5.41, 5.74) is 0.242. The summed E-state index contributed by atoms with van der Waals surface area (Å²) < 4.78 is 0. The van der Waals surface area contributed by atoms with Gasteiger partial charge in [-0.1, -0.05) is 18.5 Å². The van der Waals surface area contributed by atoms with E-state index in [1.807, 2.05) is 6.20 Å². The van der Waals surface area contributed by atoms with E-state index in [0.29, 0.717) is 6.54 Å². The number of hydrogen-bond acceptors (Lipinski definition) is 5. The Morgan fingerprint density at radius 1 is 1.33 bits per heavy atom. The summed E-state index contributed by atoms with van der Waals surface area (Å²) >= 11 is 7.18. The Kier molecular flexibility index (Phi) is 4.22. The lowest BCUT2D eigenvalue weighted by atomic mass is 10.4. The van der Waals surface area contributed by atoms with Crippen molar-refractivity contribution in [2.24, 2.45) is 0 Å². The van der Waals surface area contributed by atoms with Crippen LogP contribution in [0.5, 0.6) is 0 Å². The number of aromatic nitrogens is 3. The van der Waals surface area contributed by atoms with Gasteiger partial charge in [-0.2, -0.15) is 0 Å². The second kappa shape index (κ2) is 5.88. The van der Waals surface area contributed by atoms with Gasteiger partial charge in [-0.25, -0.2) is 15.0 Å². The molecule has 0 saturated heterocycles. The minimum Gasteiger partial charge on any atom is -0.344 e. The van der Waals surface area contributed by atoms with Gasteiger partial charge in [0.05, 0.1) is 18.9 Å². The number of nitrogens with zero attached hydrogens (tertiary/aromatic N) is 3. The van der Waals surface area contributed by atoms with E-state index in [0.717, 1.165) is 11.4 Å². The molecule has 0 aliphatic carbocycles. The van der Waals surface area contributed by atoms with Crippen molar-refractivity contribution < 1.29 is 4.79 Å². The summed E-state index contributed by atoms with van der Waals surface area (Å²) in [6.45, 7) is 2.47. The molecule has 0 fully saturated rings. The van der Waals surface area contributed by atoms with Gasteiger partial charge in [0.25, 0.3) is 5.91 Å². The molecule has 5 nitrogen and oxygen atoms in total. The van der Waals surface area contributed by atoms with Crippen molar-refractivity contribution in [3.8, 4) is 0 Å². The smallest absolute Gasteiger partial charge is 0.271 e. The molecule has 2 heterocycles. The summed E-state index contributed by atoms with van der Waals surface area (Å²) in [6, 6.07) is 0. The molecule has 0 atom stereocenters. The van der Waals surface area contributed by atoms with Crippen LogP contribution in [0.3, 0.4) is 0 Å². The SMILES string of the molecule is CCc1cnc(CNC(=O)c2cnc(Cl)cn2)s1. The van der Waals surface area contributed by atoms with Gasteiger partial charge in [0, 0.05) is 11.1 Å². The predicted octanol–water partition coefficient (Wildman–Crippen LogP) is 2.08. The lowest BCUT2D eigenvalue weighted by molar-refractivity contribution is 0.0945. The van der Waals surface area contributed by atoms with Gasteiger partial charge in [0.1, 0.15) is 15.9 Å². The Labute approximate surface area is 113 Å². The molecule has 0 aliphatic heterocycles. The average molecular weight is 283 g/mol. The van der Waals surface area contributed by atoms with Crippen LogP contribution in [-0.2, 0) is 13.0 Å². The Morgan fingerprint density at radius 3 is 2.78 bits per heavy atom. The van der Waals surface area contributed by atoms with Gasteiger partial charge in [0.15, 0.2) is 0 Å². The minimum atomic E-state index is -0.285. The molecular formula is C11H11ClN4OS. The lowest BCUT2D eigenvalue weighted by Gasteiger charge is -2.01. The van der Waals surface area contributed by atoms with Gasteiger partial charge in [-0.05, 0) is 6.42 Å². The molecule has 0 bridgehead atoms. The first kappa shape index (κ1) is 12.9. The first-order valence-electron chi connectivity index (χ1n) is 5.38. The van der Waals surface area contributed by atoms with Crippen molar-refractivity contribution >= 4 is 28.8 Å². The van der Waals surface area contributed by atoms with Crippen LogP contribution < -0.4 is 5.32 Å². The third-order valence-electron chi connectivity index (χ3n) is 2.20. The molecule has 7 heteroatoms. The van der Waals surface area contributed by atoms with E-state index in [-0.39, 0.29) is 16.8 Å². The largest absolute Gasteiger partial charge is 0.344 e. The summed E-state index contributed by atoms with van der Waals surface area (Å²) in [4.78, 5) is 24.8. The van der Waals surface area contributed by atoms with Crippen molar-refractivity contribution in [1.29, 1.82) is 0 Å². The first-order chi connectivity index (χ1) is 8.69. The van der Waals surface area contributed by atoms with Crippen LogP contribution in [0.2, 0.25) is 5.15 Å². The molecule has 0 unspecified atom stereocenters. The van der Waals surface area contributed by atoms with Crippen molar-refractivity contribution in [3.63, 3.8) is 0 Å². The Morgan fingerprint density at radius 2 is 2.17 bits per heavy atom. The summed E-state index contributed by atoms with van der Waals surface area (Å²) in [7, 11) is 0. The highest BCUT2D eigenvalue weighted by Crippen LogP contribution is 2.13. The number of thiazole rings is 1. The number of amides is 1. The molecule has 0 radical (unpaired) electrons. The van der Waals surface area contributed by atoms with E-state index in [4.69, 9.17) is 11.6 Å². The standard InChI is InChI=1S/C11H11ClN4OS/c1-2-7-3-15-10(18-7)6-16-11(17)8-4-14-9(12)5-13-8/h3-5H,2,6H2,1H3,(H,16,17). The molecule has 94 valence electrons. The molecule has 2 aromatic rings. The number of carbonyl (C=O) groups is 1. The summed E-state index contributed by atoms with van der Waals surface area (Å²) in [5, 5.41) is 3.88. The molecule has 2 aromatic heterocycles. The zero-order valence-electron chi connectivity index (χ0n) is 9.68. The molecular weight excluding hydrogens is 272 g/mol. The maximum atomic E-state index is 11.7. The Balaban J connectivity index is 1.93. The molecule has 2 rings (SSSR count). The fourth-order valence-corrected chi connectivity index (χ4v) is 2.17. The van der Waals surface area contributed by atoms with Crippen LogP contribution in [0.25, 0.3) is 0 Å². The number of halogens is 1. The highest BCUT2D eigenvalue weighted by atomic mass is 35.5. The average Bonchev–Trinajstić information content (AvgIpc) is 2.85. The van der Waals surface area contributed by atoms with Crippen molar-refractivity contribution in [1.82, 2.24) is 20.3 Å². The van der Waals surface area contributed by atoms with E-state index in [2.05, 4.69) is 27.2 Å². The quantitative estimate of drug-likeness (QED) is 0.932. The van der Waals surface area contributed by atoms with Crippen LogP contribution in [0, 0.1) is 0 Å². The second-order valence-corrected chi connectivity index (χ2v) is 5.07. The van der Waals surface area contributed by atoms with Crippen molar-refractivity contribution in [2.45, 2.75) is 19.9 Å². The number of carbonyl (C=O) groups excluding carboxylic acids is 1. The number of aryl methyl sites for hydroxylation is 1. The predicted molar refractivity (Wildman–Crippen MR) is 69.7 cm³/mol. The zero-order chi connectivity index (χ0) is 13.0. The molecule has 1 N–H and O–H groups in total. The molecule has 0 aliphatic rings. The first-order valence-corrected chi connectivity index (χ1v) is 6.58. The third-order valence-corrected chi connectivity index (χ3v) is 3.54. The monoisotopic (exact) mass is 282 g/mol. The van der Waals surface area contributed by atoms with E-state index in [9.17, 15) is 4.79 Å². The number of nitrogens with one attached hydrogen (secondary N) is 1. The molecule has 0 aromatic carbocycles. The van der Waals surface area contributed by atoms with E-state index in [1.165, 1.54) is 17.3 Å². The van der Waals surface area contributed by atoms with Crippen LogP contribution in [0.4, 0.5) is 0 Å². The zero-order valence-corrected chi connectivity index (χ0v) is 11.3. The van der Waals surface area contributed by atoms with Crippen LogP contribution in [0.15, 0.2) is 18.6 Å².